The molecule has 3 heterocycles. The summed E-state index contributed by atoms with van der Waals surface area (Å²) in [5.41, 5.74) is 7.19. The molecule has 2 aliphatic heterocycles. The molecule has 0 radical (unpaired) electrons. The number of nitrogens with one attached hydrogen (secondary N) is 2. The Bertz CT molecular complexity index is 1270. The number of ether oxygens (including phenoxy) is 1. The molecular weight excluding hydrogens is 452 g/mol. The van der Waals surface area contributed by atoms with Gasteiger partial charge < -0.3 is 30.1 Å². The molecule has 2 aliphatic rings. The van der Waals surface area contributed by atoms with Gasteiger partial charge in [-0.1, -0.05) is 6.07 Å². The molecule has 0 unspecified atom stereocenters. The number of anilines is 6. The van der Waals surface area contributed by atoms with E-state index in [1.807, 2.05) is 23.1 Å². The molecule has 1 saturated heterocycles. The molecule has 2 N–H and O–H groups in total. The van der Waals surface area contributed by atoms with Crippen molar-refractivity contribution < 1.29 is 9.53 Å². The number of piperazine rings is 1. The number of aryl methyl sites for hydroxylation is 1. The van der Waals surface area contributed by atoms with E-state index in [9.17, 15) is 4.79 Å². The Morgan fingerprint density at radius 1 is 0.972 bits per heavy atom. The number of nitrogens with zero attached hydrogens (tertiary/aromatic N) is 4. The standard InChI is InChI=1S/C28H34N6O2/c1-19-15-21-8-10-34(20(2)35)28(21)25(16-19)30-22-7-9-29-27(17-22)31-24-6-5-23(18-26(24)36-4)33-13-11-32(3)12-14-33/h5-7,9,15-18H,8,10-14H2,1-4H3,(H2,29,30,31). The van der Waals surface area contributed by atoms with Gasteiger partial charge in [0, 0.05) is 69.4 Å². The molecule has 2 aromatic carbocycles. The summed E-state index contributed by atoms with van der Waals surface area (Å²) < 4.78 is 5.71. The maximum Gasteiger partial charge on any atom is 0.223 e. The zero-order chi connectivity index (χ0) is 25.2. The summed E-state index contributed by atoms with van der Waals surface area (Å²) in [4.78, 5) is 23.3. The third-order valence-electron chi connectivity index (χ3n) is 6.94. The molecule has 0 spiro atoms. The SMILES string of the molecule is COc1cc(N2CCN(C)CC2)ccc1Nc1cc(Nc2cc(C)cc3c2N(C(C)=O)CC3)ccn1. The van der Waals surface area contributed by atoms with Gasteiger partial charge in [0.05, 0.1) is 24.2 Å². The van der Waals surface area contributed by atoms with Crippen LogP contribution >= 0.6 is 0 Å². The van der Waals surface area contributed by atoms with Gasteiger partial charge >= 0.3 is 0 Å². The van der Waals surface area contributed by atoms with E-state index in [2.05, 4.69) is 63.7 Å². The Labute approximate surface area is 212 Å². The van der Waals surface area contributed by atoms with E-state index < -0.39 is 0 Å². The molecule has 3 aromatic rings. The van der Waals surface area contributed by atoms with Gasteiger partial charge in [-0.05, 0) is 55.8 Å². The quantitative estimate of drug-likeness (QED) is 0.530. The van der Waals surface area contributed by atoms with E-state index >= 15 is 0 Å². The summed E-state index contributed by atoms with van der Waals surface area (Å²) in [6.07, 6.45) is 2.65. The molecule has 188 valence electrons. The molecule has 8 nitrogen and oxygen atoms in total. The number of rotatable bonds is 6. The van der Waals surface area contributed by atoms with Crippen molar-refractivity contribution in [2.75, 3.05) is 67.3 Å². The first-order valence-corrected chi connectivity index (χ1v) is 12.4. The van der Waals surface area contributed by atoms with Crippen LogP contribution in [-0.4, -0.2) is 62.7 Å². The second kappa shape index (κ2) is 10.1. The van der Waals surface area contributed by atoms with E-state index in [0.29, 0.717) is 5.82 Å². The van der Waals surface area contributed by atoms with E-state index in [1.54, 1.807) is 20.2 Å². The van der Waals surface area contributed by atoms with Gasteiger partial charge in [0.2, 0.25) is 5.91 Å². The fourth-order valence-corrected chi connectivity index (χ4v) is 5.03. The van der Waals surface area contributed by atoms with Crippen molar-refractivity contribution >= 4 is 40.2 Å². The van der Waals surface area contributed by atoms with Crippen LogP contribution in [0, 0.1) is 6.92 Å². The van der Waals surface area contributed by atoms with Gasteiger partial charge in [-0.15, -0.1) is 0 Å². The van der Waals surface area contributed by atoms with Crippen LogP contribution in [0.2, 0.25) is 0 Å². The maximum atomic E-state index is 12.2. The van der Waals surface area contributed by atoms with Crippen molar-refractivity contribution in [1.29, 1.82) is 0 Å². The normalized spacial score (nSPS) is 15.6. The first-order chi connectivity index (χ1) is 17.4. The number of aromatic nitrogens is 1. The number of carbonyl (C=O) groups is 1. The number of pyridine rings is 1. The van der Waals surface area contributed by atoms with Gasteiger partial charge in [-0.25, -0.2) is 4.98 Å². The van der Waals surface area contributed by atoms with Crippen LogP contribution in [0.25, 0.3) is 0 Å². The first kappa shape index (κ1) is 23.9. The zero-order valence-electron chi connectivity index (χ0n) is 21.5. The fraction of sp³-hybridized carbons (Fsp3) is 0.357. The summed E-state index contributed by atoms with van der Waals surface area (Å²) in [7, 11) is 3.85. The molecule has 1 amide bonds. The number of likely N-dealkylation sites (N-methyl/N-ethyl adjacent to an activating group) is 1. The minimum absolute atomic E-state index is 0.0600. The van der Waals surface area contributed by atoms with E-state index in [0.717, 1.165) is 73.3 Å². The average Bonchev–Trinajstić information content (AvgIpc) is 3.29. The zero-order valence-corrected chi connectivity index (χ0v) is 21.5. The lowest BCUT2D eigenvalue weighted by Gasteiger charge is -2.34. The molecule has 1 aromatic heterocycles. The average molecular weight is 487 g/mol. The Hall–Kier alpha value is -3.78. The topological polar surface area (TPSA) is 73.0 Å². The summed E-state index contributed by atoms with van der Waals surface area (Å²) in [6, 6.07) is 14.4. The third-order valence-corrected chi connectivity index (χ3v) is 6.94. The van der Waals surface area contributed by atoms with Crippen LogP contribution in [-0.2, 0) is 11.2 Å². The van der Waals surface area contributed by atoms with Gasteiger partial charge in [0.1, 0.15) is 11.6 Å². The van der Waals surface area contributed by atoms with Gasteiger partial charge in [-0.3, -0.25) is 4.79 Å². The van der Waals surface area contributed by atoms with Crippen LogP contribution in [0.4, 0.5) is 34.3 Å². The highest BCUT2D eigenvalue weighted by Crippen LogP contribution is 2.39. The molecule has 8 heteroatoms. The van der Waals surface area contributed by atoms with Crippen LogP contribution in [0.3, 0.4) is 0 Å². The second-order valence-corrected chi connectivity index (χ2v) is 9.60. The number of benzene rings is 2. The van der Waals surface area contributed by atoms with Crippen LogP contribution in [0.15, 0.2) is 48.7 Å². The molecule has 0 bridgehead atoms. The van der Waals surface area contributed by atoms with Crippen molar-refractivity contribution in [2.24, 2.45) is 0 Å². The highest BCUT2D eigenvalue weighted by molar-refractivity contribution is 5.98. The number of hydrogen-bond donors (Lipinski definition) is 2. The fourth-order valence-electron chi connectivity index (χ4n) is 5.03. The summed E-state index contributed by atoms with van der Waals surface area (Å²) in [5.74, 6) is 1.54. The van der Waals surface area contributed by atoms with Gasteiger partial charge in [-0.2, -0.15) is 0 Å². The number of fused-ring (bicyclic) bond motifs is 1. The predicted octanol–water partition coefficient (Wildman–Crippen LogP) is 4.55. The number of methoxy groups -OCH3 is 1. The Kier molecular flexibility index (Phi) is 6.69. The lowest BCUT2D eigenvalue weighted by Crippen LogP contribution is -2.44. The maximum absolute atomic E-state index is 12.2. The number of amides is 1. The molecular formula is C28H34N6O2. The smallest absolute Gasteiger partial charge is 0.223 e. The highest BCUT2D eigenvalue weighted by Gasteiger charge is 2.26. The highest BCUT2D eigenvalue weighted by atomic mass is 16.5. The van der Waals surface area contributed by atoms with Crippen molar-refractivity contribution in [2.45, 2.75) is 20.3 Å². The van der Waals surface area contributed by atoms with Crippen LogP contribution in [0.1, 0.15) is 18.1 Å². The Balaban J connectivity index is 1.36. The summed E-state index contributed by atoms with van der Waals surface area (Å²) >= 11 is 0. The lowest BCUT2D eigenvalue weighted by atomic mass is 10.1. The molecule has 36 heavy (non-hydrogen) atoms. The van der Waals surface area contributed by atoms with Crippen LogP contribution < -0.4 is 25.2 Å². The molecule has 0 aliphatic carbocycles. The number of carbonyl (C=O) groups excluding carboxylic acids is 1. The summed E-state index contributed by atoms with van der Waals surface area (Å²) in [5, 5.41) is 6.93. The van der Waals surface area contributed by atoms with E-state index in [-0.39, 0.29) is 5.91 Å². The molecule has 0 saturated carbocycles. The van der Waals surface area contributed by atoms with Gasteiger partial charge in [0.15, 0.2) is 0 Å². The molecule has 5 rings (SSSR count). The van der Waals surface area contributed by atoms with E-state index in [4.69, 9.17) is 4.74 Å². The Morgan fingerprint density at radius 2 is 1.78 bits per heavy atom. The van der Waals surface area contributed by atoms with Crippen molar-refractivity contribution in [3.8, 4) is 5.75 Å². The van der Waals surface area contributed by atoms with Crippen molar-refractivity contribution in [3.05, 3.63) is 59.8 Å². The first-order valence-electron chi connectivity index (χ1n) is 12.4. The number of hydrogen-bond acceptors (Lipinski definition) is 7. The molecule has 0 atom stereocenters. The van der Waals surface area contributed by atoms with Crippen molar-refractivity contribution in [3.63, 3.8) is 0 Å². The Morgan fingerprint density at radius 3 is 2.53 bits per heavy atom. The minimum atomic E-state index is 0.0600. The third kappa shape index (κ3) is 4.95. The van der Waals surface area contributed by atoms with Crippen LogP contribution in [0.5, 0.6) is 5.75 Å². The van der Waals surface area contributed by atoms with Gasteiger partial charge in [0.25, 0.3) is 0 Å². The molecule has 1 fully saturated rings. The second-order valence-electron chi connectivity index (χ2n) is 9.60. The monoisotopic (exact) mass is 486 g/mol. The van der Waals surface area contributed by atoms with E-state index in [1.165, 1.54) is 11.1 Å². The van der Waals surface area contributed by atoms with Crippen molar-refractivity contribution in [1.82, 2.24) is 9.88 Å². The summed E-state index contributed by atoms with van der Waals surface area (Å²) in [6.45, 7) is 8.54. The predicted molar refractivity (Wildman–Crippen MR) is 146 cm³/mol. The largest absolute Gasteiger partial charge is 0.494 e. The minimum Gasteiger partial charge on any atom is -0.494 e. The lowest BCUT2D eigenvalue weighted by molar-refractivity contribution is -0.116.